The van der Waals surface area contributed by atoms with Crippen LogP contribution < -0.4 is 15.8 Å². The Morgan fingerprint density at radius 1 is 1.27 bits per heavy atom. The van der Waals surface area contributed by atoms with Crippen LogP contribution in [-0.4, -0.2) is 18.8 Å². The first-order chi connectivity index (χ1) is 9.89. The highest BCUT2D eigenvalue weighted by atomic mass is 35.5. The molecule has 124 valence electrons. The molecule has 1 aliphatic carbocycles. The highest BCUT2D eigenvalue weighted by molar-refractivity contribution is 5.93. The van der Waals surface area contributed by atoms with Crippen LogP contribution in [0.1, 0.15) is 19.3 Å². The summed E-state index contributed by atoms with van der Waals surface area (Å²) >= 11 is 0. The molecule has 0 aliphatic heterocycles. The van der Waals surface area contributed by atoms with E-state index in [2.05, 4.69) is 10.1 Å². The van der Waals surface area contributed by atoms with Gasteiger partial charge in [-0.3, -0.25) is 4.79 Å². The number of benzene rings is 1. The zero-order valence-corrected chi connectivity index (χ0v) is 12.5. The van der Waals surface area contributed by atoms with E-state index in [0.29, 0.717) is 12.2 Å². The lowest BCUT2D eigenvalue weighted by atomic mass is 9.95. The van der Waals surface area contributed by atoms with Crippen molar-refractivity contribution in [2.45, 2.75) is 25.6 Å². The number of carbonyl (C=O) groups excluding carboxylic acids is 1. The van der Waals surface area contributed by atoms with Gasteiger partial charge in [-0.25, -0.2) is 0 Å². The summed E-state index contributed by atoms with van der Waals surface area (Å²) in [4.78, 5) is 12.1. The summed E-state index contributed by atoms with van der Waals surface area (Å²) in [6.07, 6.45) is -2.02. The molecule has 0 heterocycles. The van der Waals surface area contributed by atoms with Crippen molar-refractivity contribution in [2.75, 3.05) is 11.9 Å². The van der Waals surface area contributed by atoms with Gasteiger partial charge in [0.05, 0.1) is 0 Å². The Kier molecular flexibility index (Phi) is 6.49. The molecular formula is C14H18ClF3N2O2. The van der Waals surface area contributed by atoms with E-state index in [4.69, 9.17) is 5.73 Å². The van der Waals surface area contributed by atoms with Crippen molar-refractivity contribution >= 4 is 24.0 Å². The van der Waals surface area contributed by atoms with Gasteiger partial charge in [-0.2, -0.15) is 0 Å². The summed E-state index contributed by atoms with van der Waals surface area (Å²) in [6, 6.07) is 5.09. The Labute approximate surface area is 132 Å². The molecule has 0 unspecified atom stereocenters. The van der Waals surface area contributed by atoms with E-state index in [1.165, 1.54) is 12.1 Å². The molecule has 3 N–H and O–H groups in total. The van der Waals surface area contributed by atoms with E-state index in [0.717, 1.165) is 31.4 Å². The largest absolute Gasteiger partial charge is 0.573 e. The maximum Gasteiger partial charge on any atom is 0.573 e. The summed E-state index contributed by atoms with van der Waals surface area (Å²) in [5.74, 6) is -0.396. The fourth-order valence-corrected chi connectivity index (χ4v) is 2.64. The number of alkyl halides is 3. The van der Waals surface area contributed by atoms with Gasteiger partial charge < -0.3 is 15.8 Å². The minimum Gasteiger partial charge on any atom is -0.406 e. The molecule has 22 heavy (non-hydrogen) atoms. The first-order valence-corrected chi connectivity index (χ1v) is 6.76. The highest BCUT2D eigenvalue weighted by Crippen LogP contribution is 2.32. The van der Waals surface area contributed by atoms with Crippen molar-refractivity contribution in [3.8, 4) is 5.75 Å². The summed E-state index contributed by atoms with van der Waals surface area (Å²) < 4.78 is 39.9. The first-order valence-electron chi connectivity index (χ1n) is 6.76. The Balaban J connectivity index is 0.00000242. The number of ether oxygens (including phenoxy) is 1. The molecule has 1 fully saturated rings. The second-order valence-electron chi connectivity index (χ2n) is 5.09. The fraction of sp³-hybridized carbons (Fsp3) is 0.500. The predicted octanol–water partition coefficient (Wildman–Crippen LogP) is 3.32. The Bertz CT molecular complexity index is 494. The lowest BCUT2D eigenvalue weighted by molar-refractivity contribution is -0.274. The summed E-state index contributed by atoms with van der Waals surface area (Å²) in [5.41, 5.74) is 6.07. The summed E-state index contributed by atoms with van der Waals surface area (Å²) in [5, 5.41) is 2.71. The molecule has 1 saturated carbocycles. The van der Waals surface area contributed by atoms with Gasteiger partial charge in [0.2, 0.25) is 5.91 Å². The number of hydrogen-bond acceptors (Lipinski definition) is 3. The minimum atomic E-state index is -4.72. The minimum absolute atomic E-state index is 0. The molecule has 1 aromatic rings. The molecule has 0 spiro atoms. The molecule has 0 aromatic heterocycles. The van der Waals surface area contributed by atoms with Crippen molar-refractivity contribution in [1.82, 2.24) is 0 Å². The monoisotopic (exact) mass is 338 g/mol. The van der Waals surface area contributed by atoms with Crippen LogP contribution in [0.15, 0.2) is 24.3 Å². The van der Waals surface area contributed by atoms with Crippen LogP contribution in [0.4, 0.5) is 18.9 Å². The van der Waals surface area contributed by atoms with E-state index in [1.807, 2.05) is 0 Å². The maximum atomic E-state index is 12.1. The molecule has 1 amide bonds. The van der Waals surface area contributed by atoms with Crippen molar-refractivity contribution in [3.05, 3.63) is 24.3 Å². The second-order valence-corrected chi connectivity index (χ2v) is 5.09. The van der Waals surface area contributed by atoms with E-state index >= 15 is 0 Å². The van der Waals surface area contributed by atoms with Crippen LogP contribution in [-0.2, 0) is 4.79 Å². The maximum absolute atomic E-state index is 12.1. The van der Waals surface area contributed by atoms with Gasteiger partial charge >= 0.3 is 6.36 Å². The lowest BCUT2D eigenvalue weighted by Crippen LogP contribution is -2.29. The number of nitrogens with two attached hydrogens (primary N) is 1. The van der Waals surface area contributed by atoms with Crippen molar-refractivity contribution in [3.63, 3.8) is 0 Å². The smallest absolute Gasteiger partial charge is 0.406 e. The van der Waals surface area contributed by atoms with E-state index < -0.39 is 6.36 Å². The molecule has 0 saturated heterocycles. The van der Waals surface area contributed by atoms with E-state index in [1.54, 1.807) is 0 Å². The Hall–Kier alpha value is -1.47. The molecule has 2 rings (SSSR count). The van der Waals surface area contributed by atoms with Crippen LogP contribution in [0.2, 0.25) is 0 Å². The normalized spacial score (nSPS) is 21.1. The highest BCUT2D eigenvalue weighted by Gasteiger charge is 2.32. The van der Waals surface area contributed by atoms with Gasteiger partial charge in [0.25, 0.3) is 0 Å². The molecule has 4 nitrogen and oxygen atoms in total. The molecule has 2 atom stereocenters. The standard InChI is InChI=1S/C14H17F3N2O2.ClH/c15-14(16,17)21-11-6-4-10(5-7-11)19-13(20)12-3-1-2-9(12)8-18;/h4-7,9,12H,1-3,8,18H2,(H,19,20);1H/t9-,12-;/m1./s1. The number of nitrogens with one attached hydrogen (secondary N) is 1. The zero-order valence-electron chi connectivity index (χ0n) is 11.7. The number of halogens is 4. The van der Waals surface area contributed by atoms with Gasteiger partial charge in [-0.1, -0.05) is 6.42 Å². The molecular weight excluding hydrogens is 321 g/mol. The van der Waals surface area contributed by atoms with Crippen molar-refractivity contribution < 1.29 is 22.7 Å². The average Bonchev–Trinajstić information content (AvgIpc) is 2.87. The zero-order chi connectivity index (χ0) is 15.5. The van der Waals surface area contributed by atoms with Gasteiger partial charge in [-0.15, -0.1) is 25.6 Å². The van der Waals surface area contributed by atoms with Crippen LogP contribution >= 0.6 is 12.4 Å². The number of carbonyl (C=O) groups is 1. The number of rotatable bonds is 4. The average molecular weight is 339 g/mol. The number of hydrogen-bond donors (Lipinski definition) is 2. The number of anilines is 1. The molecule has 1 aliphatic rings. The first kappa shape index (κ1) is 18.6. The molecule has 0 bridgehead atoms. The van der Waals surface area contributed by atoms with E-state index in [9.17, 15) is 18.0 Å². The van der Waals surface area contributed by atoms with Crippen LogP contribution in [0.3, 0.4) is 0 Å². The van der Waals surface area contributed by atoms with Gasteiger partial charge in [-0.05, 0) is 49.6 Å². The third kappa shape index (κ3) is 5.06. The SMILES string of the molecule is Cl.NC[C@H]1CCC[C@H]1C(=O)Nc1ccc(OC(F)(F)F)cc1. The van der Waals surface area contributed by atoms with Crippen molar-refractivity contribution in [2.24, 2.45) is 17.6 Å². The van der Waals surface area contributed by atoms with Crippen LogP contribution in [0.25, 0.3) is 0 Å². The van der Waals surface area contributed by atoms with E-state index in [-0.39, 0.29) is 35.9 Å². The predicted molar refractivity (Wildman–Crippen MR) is 78.9 cm³/mol. The summed E-state index contributed by atoms with van der Waals surface area (Å²) in [7, 11) is 0. The molecule has 0 radical (unpaired) electrons. The second kappa shape index (κ2) is 7.69. The molecule has 1 aromatic carbocycles. The van der Waals surface area contributed by atoms with Crippen LogP contribution in [0.5, 0.6) is 5.75 Å². The van der Waals surface area contributed by atoms with Crippen molar-refractivity contribution in [1.29, 1.82) is 0 Å². The van der Waals surface area contributed by atoms with Crippen LogP contribution in [0, 0.1) is 11.8 Å². The van der Waals surface area contributed by atoms with Gasteiger partial charge in [0.15, 0.2) is 0 Å². The number of amides is 1. The summed E-state index contributed by atoms with van der Waals surface area (Å²) in [6.45, 7) is 0.469. The Morgan fingerprint density at radius 2 is 1.91 bits per heavy atom. The lowest BCUT2D eigenvalue weighted by Gasteiger charge is -2.17. The van der Waals surface area contributed by atoms with Gasteiger partial charge in [0, 0.05) is 11.6 Å². The topological polar surface area (TPSA) is 64.4 Å². The van der Waals surface area contributed by atoms with Gasteiger partial charge in [0.1, 0.15) is 5.75 Å². The third-order valence-corrected chi connectivity index (χ3v) is 3.65. The Morgan fingerprint density at radius 3 is 2.45 bits per heavy atom. The third-order valence-electron chi connectivity index (χ3n) is 3.65. The fourth-order valence-electron chi connectivity index (χ4n) is 2.64. The quantitative estimate of drug-likeness (QED) is 0.885. The molecule has 8 heteroatoms.